The van der Waals surface area contributed by atoms with Crippen LogP contribution in [0.5, 0.6) is 0 Å². The maximum atomic E-state index is 14.4. The van der Waals surface area contributed by atoms with Gasteiger partial charge in [0.1, 0.15) is 5.82 Å². The summed E-state index contributed by atoms with van der Waals surface area (Å²) in [4.78, 5) is 4.34. The monoisotopic (exact) mass is 409 g/mol. The Bertz CT molecular complexity index is 642. The molecule has 0 aromatic heterocycles. The average molecular weight is 410 g/mol. The Balaban J connectivity index is 2.06. The van der Waals surface area contributed by atoms with Crippen LogP contribution >= 0.6 is 24.0 Å². The Hall–Kier alpha value is -1.22. The third-order valence-electron chi connectivity index (χ3n) is 3.96. The van der Waals surface area contributed by atoms with Gasteiger partial charge in [-0.05, 0) is 50.7 Å². The first-order valence-electron chi connectivity index (χ1n) is 8.37. The van der Waals surface area contributed by atoms with Gasteiger partial charge < -0.3 is 15.1 Å². The fraction of sp³-hybridized carbons (Fsp3) is 0.588. The van der Waals surface area contributed by atoms with Gasteiger partial charge >= 0.3 is 6.18 Å². The largest absolute Gasteiger partial charge is 0.398 e. The van der Waals surface area contributed by atoms with Gasteiger partial charge in [0.2, 0.25) is 0 Å². The van der Waals surface area contributed by atoms with Crippen molar-refractivity contribution in [1.82, 2.24) is 10.2 Å². The topological polar surface area (TPSA) is 18.5 Å². The van der Waals surface area contributed by atoms with Gasteiger partial charge in [-0.2, -0.15) is 13.2 Å². The number of hydrogen-bond acceptors (Lipinski definition) is 3. The summed E-state index contributed by atoms with van der Waals surface area (Å²) in [5.41, 5.74) is 0.865. The zero-order valence-electron chi connectivity index (χ0n) is 15.0. The molecule has 1 N–H and O–H groups in total. The van der Waals surface area contributed by atoms with Crippen molar-refractivity contribution in [2.45, 2.75) is 37.9 Å². The Morgan fingerprint density at radius 1 is 1.23 bits per heavy atom. The molecule has 1 fully saturated rings. The molecular weight excluding hydrogens is 386 g/mol. The zero-order valence-corrected chi connectivity index (χ0v) is 16.6. The van der Waals surface area contributed by atoms with Gasteiger partial charge in [0, 0.05) is 37.1 Å². The van der Waals surface area contributed by atoms with Crippen LogP contribution in [-0.2, 0) is 0 Å². The molecule has 1 aromatic carbocycles. The Morgan fingerprint density at radius 2 is 1.85 bits per heavy atom. The number of nitrogens with zero attached hydrogens (tertiary/aromatic N) is 2. The number of benzene rings is 1. The molecule has 3 nitrogen and oxygen atoms in total. The molecule has 1 heterocycles. The normalized spacial score (nSPS) is 15.5. The van der Waals surface area contributed by atoms with E-state index < -0.39 is 17.7 Å². The lowest BCUT2D eigenvalue weighted by atomic mass is 10.2. The second-order valence-electron chi connectivity index (χ2n) is 6.55. The molecule has 0 spiro atoms. The molecule has 0 aliphatic carbocycles. The Kier molecular flexibility index (Phi) is 7.01. The number of nitrogens with one attached hydrogen (secondary N) is 1. The molecule has 1 aliphatic rings. The number of aryl methyl sites for hydroxylation is 1. The summed E-state index contributed by atoms with van der Waals surface area (Å²) < 4.78 is 51.9. The summed E-state index contributed by atoms with van der Waals surface area (Å²) in [5, 5.41) is 3.85. The highest BCUT2D eigenvalue weighted by Crippen LogP contribution is 2.34. The first kappa shape index (κ1) is 21.1. The van der Waals surface area contributed by atoms with Crippen LogP contribution in [0.3, 0.4) is 0 Å². The van der Waals surface area contributed by atoms with Crippen LogP contribution in [0.4, 0.5) is 23.2 Å². The minimum absolute atomic E-state index is 0.239. The number of thioether (sulfide) groups is 1. The van der Waals surface area contributed by atoms with Gasteiger partial charge in [-0.1, -0.05) is 0 Å². The van der Waals surface area contributed by atoms with Gasteiger partial charge in [0.25, 0.3) is 0 Å². The van der Waals surface area contributed by atoms with Crippen molar-refractivity contribution in [3.8, 4) is 0 Å². The molecule has 1 aromatic rings. The molecular formula is C17H23F4N3S2. The van der Waals surface area contributed by atoms with Crippen molar-refractivity contribution in [2.75, 3.05) is 36.8 Å². The summed E-state index contributed by atoms with van der Waals surface area (Å²) >= 11 is 6.04. The minimum atomic E-state index is -4.25. The lowest BCUT2D eigenvalue weighted by Gasteiger charge is -2.38. The van der Waals surface area contributed by atoms with Crippen LogP contribution in [-0.4, -0.2) is 54.2 Å². The van der Waals surface area contributed by atoms with E-state index in [-0.39, 0.29) is 6.04 Å². The summed E-state index contributed by atoms with van der Waals surface area (Å²) in [6.45, 7) is 8.02. The van der Waals surface area contributed by atoms with Crippen LogP contribution in [0, 0.1) is 12.7 Å². The molecule has 0 atom stereocenters. The minimum Gasteiger partial charge on any atom is -0.366 e. The predicted octanol–water partition coefficient (Wildman–Crippen LogP) is 4.19. The van der Waals surface area contributed by atoms with E-state index in [1.165, 1.54) is 12.1 Å². The van der Waals surface area contributed by atoms with E-state index in [9.17, 15) is 17.6 Å². The first-order valence-corrected chi connectivity index (χ1v) is 9.76. The van der Waals surface area contributed by atoms with E-state index in [2.05, 4.69) is 5.32 Å². The van der Waals surface area contributed by atoms with E-state index >= 15 is 0 Å². The van der Waals surface area contributed by atoms with E-state index in [4.69, 9.17) is 12.2 Å². The summed E-state index contributed by atoms with van der Waals surface area (Å²) in [7, 11) is 0. The average Bonchev–Trinajstić information content (AvgIpc) is 2.53. The molecule has 1 saturated heterocycles. The molecule has 0 amide bonds. The van der Waals surface area contributed by atoms with Gasteiger partial charge in [-0.25, -0.2) is 4.39 Å². The summed E-state index contributed by atoms with van der Waals surface area (Å²) in [6, 6.07) is 3.08. The standard InChI is InChI=1S/C17H23F4N3S2/c1-11(2)22-16(25)24-6-4-23(5-7-24)14-9-15(12(3)8-13(14)18)26-10-17(19,20)21/h8-9,11H,4-7,10H2,1-3H3,(H,22,25). The third-order valence-corrected chi connectivity index (χ3v) is 5.55. The van der Waals surface area contributed by atoms with Crippen molar-refractivity contribution in [3.63, 3.8) is 0 Å². The SMILES string of the molecule is Cc1cc(F)c(N2CCN(C(=S)NC(C)C)CC2)cc1SCC(F)(F)F. The number of halogens is 4. The van der Waals surface area contributed by atoms with Gasteiger partial charge in [0.15, 0.2) is 5.11 Å². The van der Waals surface area contributed by atoms with E-state index in [0.29, 0.717) is 59.2 Å². The Morgan fingerprint density at radius 3 is 2.38 bits per heavy atom. The number of anilines is 1. The van der Waals surface area contributed by atoms with E-state index in [0.717, 1.165) is 0 Å². The maximum absolute atomic E-state index is 14.4. The summed E-state index contributed by atoms with van der Waals surface area (Å²) in [6.07, 6.45) is -4.25. The fourth-order valence-corrected chi connectivity index (χ4v) is 3.91. The van der Waals surface area contributed by atoms with Crippen molar-refractivity contribution in [1.29, 1.82) is 0 Å². The smallest absolute Gasteiger partial charge is 0.366 e. The molecule has 0 saturated carbocycles. The molecule has 1 aliphatic heterocycles. The van der Waals surface area contributed by atoms with E-state index in [1.807, 2.05) is 23.6 Å². The first-order chi connectivity index (χ1) is 12.1. The number of hydrogen-bond donors (Lipinski definition) is 1. The van der Waals surface area contributed by atoms with Crippen LogP contribution < -0.4 is 10.2 Å². The molecule has 0 bridgehead atoms. The van der Waals surface area contributed by atoms with Crippen molar-refractivity contribution in [3.05, 3.63) is 23.5 Å². The Labute approximate surface area is 161 Å². The van der Waals surface area contributed by atoms with Crippen LogP contribution in [0.2, 0.25) is 0 Å². The zero-order chi connectivity index (χ0) is 19.5. The van der Waals surface area contributed by atoms with Crippen LogP contribution in [0.25, 0.3) is 0 Å². The number of piperazine rings is 1. The fourth-order valence-electron chi connectivity index (χ4n) is 2.69. The highest BCUT2D eigenvalue weighted by Gasteiger charge is 2.28. The molecule has 2 rings (SSSR count). The third kappa shape index (κ3) is 5.90. The summed E-state index contributed by atoms with van der Waals surface area (Å²) in [5.74, 6) is -1.39. The molecule has 146 valence electrons. The molecule has 9 heteroatoms. The number of alkyl halides is 3. The van der Waals surface area contributed by atoms with Gasteiger partial charge in [0.05, 0.1) is 11.4 Å². The van der Waals surface area contributed by atoms with Gasteiger partial charge in [-0.15, -0.1) is 11.8 Å². The predicted molar refractivity (Wildman–Crippen MR) is 103 cm³/mol. The lowest BCUT2D eigenvalue weighted by molar-refractivity contribution is -0.105. The van der Waals surface area contributed by atoms with E-state index in [1.54, 1.807) is 6.92 Å². The highest BCUT2D eigenvalue weighted by molar-refractivity contribution is 7.99. The quantitative estimate of drug-likeness (QED) is 0.455. The maximum Gasteiger partial charge on any atom is 0.398 e. The van der Waals surface area contributed by atoms with Crippen molar-refractivity contribution < 1.29 is 17.6 Å². The highest BCUT2D eigenvalue weighted by atomic mass is 32.2. The lowest BCUT2D eigenvalue weighted by Crippen LogP contribution is -2.53. The molecule has 26 heavy (non-hydrogen) atoms. The van der Waals surface area contributed by atoms with Gasteiger partial charge in [-0.3, -0.25) is 0 Å². The second kappa shape index (κ2) is 8.65. The van der Waals surface area contributed by atoms with Crippen molar-refractivity contribution in [2.24, 2.45) is 0 Å². The molecule has 0 unspecified atom stereocenters. The van der Waals surface area contributed by atoms with Crippen molar-refractivity contribution >= 4 is 34.8 Å². The molecule has 0 radical (unpaired) electrons. The number of thiocarbonyl (C=S) groups is 1. The second-order valence-corrected chi connectivity index (χ2v) is 7.96. The van der Waals surface area contributed by atoms with Crippen LogP contribution in [0.15, 0.2) is 17.0 Å². The number of rotatable bonds is 4. The van der Waals surface area contributed by atoms with Crippen LogP contribution in [0.1, 0.15) is 19.4 Å².